The topological polar surface area (TPSA) is 142 Å². The SMILES string of the molecule is COc1ccc(C(OC[C@@H]2CNC[C@H](n3cnc4c(=O)[nH]c(NC(=O)C(C)C)nc43)O2)(c2ccccc2)c2ccc(OC)cc2)cc1. The molecule has 3 aromatic carbocycles. The van der Waals surface area contributed by atoms with E-state index in [1.807, 2.05) is 78.9 Å². The van der Waals surface area contributed by atoms with Crippen LogP contribution in [0.15, 0.2) is 90.0 Å². The molecule has 2 aromatic heterocycles. The molecule has 12 nitrogen and oxygen atoms in total. The number of fused-ring (bicyclic) bond motifs is 1. The molecular weight excluding hydrogens is 600 g/mol. The predicted octanol–water partition coefficient (Wildman–Crippen LogP) is 4.23. The Morgan fingerprint density at radius 2 is 1.57 bits per heavy atom. The molecule has 1 saturated heterocycles. The van der Waals surface area contributed by atoms with E-state index < -0.39 is 17.4 Å². The van der Waals surface area contributed by atoms with E-state index in [0.717, 1.165) is 28.2 Å². The van der Waals surface area contributed by atoms with E-state index in [4.69, 9.17) is 18.9 Å². The van der Waals surface area contributed by atoms with Crippen molar-refractivity contribution in [2.45, 2.75) is 31.8 Å². The van der Waals surface area contributed by atoms with Crippen molar-refractivity contribution in [3.8, 4) is 11.5 Å². The smallest absolute Gasteiger partial charge is 0.280 e. The minimum atomic E-state index is -1.00. The monoisotopic (exact) mass is 638 g/mol. The molecule has 0 spiro atoms. The zero-order chi connectivity index (χ0) is 33.0. The third kappa shape index (κ3) is 6.48. The van der Waals surface area contributed by atoms with Gasteiger partial charge in [-0.2, -0.15) is 4.98 Å². The molecule has 0 unspecified atom stereocenters. The van der Waals surface area contributed by atoms with Gasteiger partial charge >= 0.3 is 0 Å². The first-order valence-corrected chi connectivity index (χ1v) is 15.4. The fraction of sp³-hybridized carbons (Fsp3) is 0.314. The van der Waals surface area contributed by atoms with Crippen molar-refractivity contribution < 1.29 is 23.7 Å². The van der Waals surface area contributed by atoms with Gasteiger partial charge in [0.25, 0.3) is 5.56 Å². The predicted molar refractivity (Wildman–Crippen MR) is 177 cm³/mol. The Morgan fingerprint density at radius 3 is 2.17 bits per heavy atom. The molecule has 0 radical (unpaired) electrons. The summed E-state index contributed by atoms with van der Waals surface area (Å²) >= 11 is 0. The van der Waals surface area contributed by atoms with Crippen LogP contribution >= 0.6 is 0 Å². The number of amides is 1. The largest absolute Gasteiger partial charge is 0.497 e. The first-order chi connectivity index (χ1) is 22.8. The molecule has 1 amide bonds. The first-order valence-electron chi connectivity index (χ1n) is 15.4. The summed E-state index contributed by atoms with van der Waals surface area (Å²) in [6.45, 7) is 4.71. The van der Waals surface area contributed by atoms with Crippen LogP contribution in [0.4, 0.5) is 5.95 Å². The van der Waals surface area contributed by atoms with E-state index in [-0.39, 0.29) is 36.0 Å². The molecule has 5 aromatic rings. The lowest BCUT2D eigenvalue weighted by Crippen LogP contribution is -2.46. The Morgan fingerprint density at radius 1 is 0.957 bits per heavy atom. The second-order valence-electron chi connectivity index (χ2n) is 11.6. The highest BCUT2D eigenvalue weighted by molar-refractivity contribution is 5.91. The van der Waals surface area contributed by atoms with Crippen molar-refractivity contribution >= 4 is 23.0 Å². The number of rotatable bonds is 11. The number of nitrogens with zero attached hydrogens (tertiary/aromatic N) is 3. The number of benzene rings is 3. The van der Waals surface area contributed by atoms with Gasteiger partial charge in [-0.3, -0.25) is 24.5 Å². The molecule has 244 valence electrons. The van der Waals surface area contributed by atoms with Gasteiger partial charge in [0.1, 0.15) is 23.3 Å². The van der Waals surface area contributed by atoms with Gasteiger partial charge in [0.15, 0.2) is 11.2 Å². The Balaban J connectivity index is 1.33. The Kier molecular flexibility index (Phi) is 9.34. The fourth-order valence-electron chi connectivity index (χ4n) is 5.70. The van der Waals surface area contributed by atoms with E-state index in [1.54, 1.807) is 32.6 Å². The summed E-state index contributed by atoms with van der Waals surface area (Å²) in [5, 5.41) is 6.09. The molecule has 3 N–H and O–H groups in total. The molecule has 0 bridgehead atoms. The van der Waals surface area contributed by atoms with E-state index in [0.29, 0.717) is 18.7 Å². The highest BCUT2D eigenvalue weighted by Crippen LogP contribution is 2.42. The van der Waals surface area contributed by atoms with Crippen LogP contribution in [0.2, 0.25) is 0 Å². The van der Waals surface area contributed by atoms with E-state index in [2.05, 4.69) is 25.6 Å². The second-order valence-corrected chi connectivity index (χ2v) is 11.6. The number of aromatic amines is 1. The first kappa shape index (κ1) is 31.9. The minimum Gasteiger partial charge on any atom is -0.497 e. The van der Waals surface area contributed by atoms with Gasteiger partial charge in [-0.05, 0) is 41.0 Å². The summed E-state index contributed by atoms with van der Waals surface area (Å²) in [5.41, 5.74) is 1.76. The molecule has 0 saturated carbocycles. The lowest BCUT2D eigenvalue weighted by atomic mass is 9.80. The third-order valence-electron chi connectivity index (χ3n) is 8.21. The van der Waals surface area contributed by atoms with Gasteiger partial charge in [-0.1, -0.05) is 68.4 Å². The summed E-state index contributed by atoms with van der Waals surface area (Å²) < 4.78 is 26.2. The standard InChI is InChI=1S/C35H38N6O6/c1-22(2)32(42)39-34-38-31-30(33(43)40-34)37-21-41(31)29-19-36-18-28(47-29)20-46-35(23-8-6-5-7-9-23,24-10-14-26(44-3)15-11-24)25-12-16-27(45-4)17-13-25/h5-17,21-22,28-29,36H,18-20H2,1-4H3,(H2,38,39,40,42,43)/t28-,29+/m0/s1. The molecule has 12 heteroatoms. The lowest BCUT2D eigenvalue weighted by Gasteiger charge is -2.39. The number of morpholine rings is 1. The minimum absolute atomic E-state index is 0.0539. The zero-order valence-electron chi connectivity index (χ0n) is 26.7. The molecule has 6 rings (SSSR count). The second kappa shape index (κ2) is 13.8. The zero-order valence-corrected chi connectivity index (χ0v) is 26.7. The van der Waals surface area contributed by atoms with Crippen LogP contribution in [0, 0.1) is 5.92 Å². The number of H-pyrrole nitrogens is 1. The van der Waals surface area contributed by atoms with Gasteiger partial charge in [0.2, 0.25) is 11.9 Å². The van der Waals surface area contributed by atoms with Crippen molar-refractivity contribution in [1.29, 1.82) is 0 Å². The average Bonchev–Trinajstić information content (AvgIpc) is 3.54. The van der Waals surface area contributed by atoms with Gasteiger partial charge in [-0.25, -0.2) is 4.98 Å². The molecule has 1 aliphatic rings. The van der Waals surface area contributed by atoms with Crippen molar-refractivity contribution in [2.24, 2.45) is 5.92 Å². The number of hydrogen-bond acceptors (Lipinski definition) is 9. The molecule has 47 heavy (non-hydrogen) atoms. The van der Waals surface area contributed by atoms with Crippen LogP contribution in [-0.2, 0) is 19.9 Å². The van der Waals surface area contributed by atoms with E-state index >= 15 is 0 Å². The molecule has 0 aliphatic carbocycles. The number of carbonyl (C=O) groups excluding carboxylic acids is 1. The Hall–Kier alpha value is -5.04. The normalized spacial score (nSPS) is 16.7. The summed E-state index contributed by atoms with van der Waals surface area (Å²) in [6.07, 6.45) is 0.603. The maximum atomic E-state index is 12.8. The third-order valence-corrected chi connectivity index (χ3v) is 8.21. The van der Waals surface area contributed by atoms with Crippen molar-refractivity contribution in [3.05, 3.63) is 112 Å². The highest BCUT2D eigenvalue weighted by Gasteiger charge is 2.39. The molecule has 1 aliphatic heterocycles. The van der Waals surface area contributed by atoms with Crippen LogP contribution in [0.1, 0.15) is 36.8 Å². The van der Waals surface area contributed by atoms with Crippen molar-refractivity contribution in [3.63, 3.8) is 0 Å². The number of hydrogen-bond donors (Lipinski definition) is 3. The van der Waals surface area contributed by atoms with Crippen LogP contribution in [0.3, 0.4) is 0 Å². The number of imidazole rings is 1. The molecule has 2 atom stereocenters. The van der Waals surface area contributed by atoms with Crippen molar-refractivity contribution in [1.82, 2.24) is 24.8 Å². The van der Waals surface area contributed by atoms with Gasteiger partial charge in [0, 0.05) is 19.0 Å². The molecule has 3 heterocycles. The number of carbonyl (C=O) groups is 1. The number of aromatic nitrogens is 4. The van der Waals surface area contributed by atoms with Crippen LogP contribution in [0.25, 0.3) is 11.2 Å². The summed E-state index contributed by atoms with van der Waals surface area (Å²) in [6, 6.07) is 25.8. The summed E-state index contributed by atoms with van der Waals surface area (Å²) in [5.74, 6) is 0.978. The number of ether oxygens (including phenoxy) is 4. The van der Waals surface area contributed by atoms with Crippen LogP contribution in [0.5, 0.6) is 11.5 Å². The fourth-order valence-corrected chi connectivity index (χ4v) is 5.70. The summed E-state index contributed by atoms with van der Waals surface area (Å²) in [7, 11) is 3.28. The maximum Gasteiger partial charge on any atom is 0.280 e. The van der Waals surface area contributed by atoms with Crippen LogP contribution < -0.4 is 25.7 Å². The highest BCUT2D eigenvalue weighted by atomic mass is 16.6. The van der Waals surface area contributed by atoms with Crippen molar-refractivity contribution in [2.75, 3.05) is 39.2 Å². The van der Waals surface area contributed by atoms with E-state index in [1.165, 1.54) is 6.33 Å². The van der Waals surface area contributed by atoms with Gasteiger partial charge in [0.05, 0.1) is 33.3 Å². The molecular formula is C35H38N6O6. The Labute approximate surface area is 272 Å². The summed E-state index contributed by atoms with van der Waals surface area (Å²) in [4.78, 5) is 36.5. The van der Waals surface area contributed by atoms with E-state index in [9.17, 15) is 9.59 Å². The lowest BCUT2D eigenvalue weighted by molar-refractivity contribution is -0.125. The van der Waals surface area contributed by atoms with Crippen LogP contribution in [-0.4, -0.2) is 65.4 Å². The van der Waals surface area contributed by atoms with Gasteiger partial charge in [-0.15, -0.1) is 0 Å². The van der Waals surface area contributed by atoms with Gasteiger partial charge < -0.3 is 24.3 Å². The number of anilines is 1. The average molecular weight is 639 g/mol. The molecule has 1 fully saturated rings. The Bertz CT molecular complexity index is 1820. The number of nitrogens with one attached hydrogen (secondary N) is 3. The number of methoxy groups -OCH3 is 2. The quantitative estimate of drug-likeness (QED) is 0.181. The maximum absolute atomic E-state index is 12.8.